The van der Waals surface area contributed by atoms with Crippen LogP contribution in [0.2, 0.25) is 0 Å². The number of hydrogen-bond donors (Lipinski definition) is 4. The van der Waals surface area contributed by atoms with Crippen molar-refractivity contribution < 1.29 is 19.5 Å². The van der Waals surface area contributed by atoms with Gasteiger partial charge in [-0.3, -0.25) is 14.4 Å². The summed E-state index contributed by atoms with van der Waals surface area (Å²) in [5.74, 6) is -2.21. The molecule has 0 radical (unpaired) electrons. The maximum atomic E-state index is 11.4. The molecule has 5 N–H and O–H groups in total. The van der Waals surface area contributed by atoms with Crippen LogP contribution in [-0.2, 0) is 14.4 Å². The summed E-state index contributed by atoms with van der Waals surface area (Å²) >= 11 is 0. The molecular weight excluding hydrogens is 226 g/mol. The molecule has 2 atom stereocenters. The van der Waals surface area contributed by atoms with Crippen LogP contribution in [0.1, 0.15) is 19.3 Å². The Morgan fingerprint density at radius 1 is 1.24 bits per heavy atom. The summed E-state index contributed by atoms with van der Waals surface area (Å²) in [6.45, 7) is -0.340. The van der Waals surface area contributed by atoms with Gasteiger partial charge in [-0.15, -0.1) is 0 Å². The van der Waals surface area contributed by atoms with Crippen LogP contribution in [0.15, 0.2) is 0 Å². The third-order valence-corrected chi connectivity index (χ3v) is 2.81. The lowest BCUT2D eigenvalue weighted by Crippen LogP contribution is -2.45. The van der Waals surface area contributed by atoms with Gasteiger partial charge in [-0.25, -0.2) is 0 Å². The fourth-order valence-corrected chi connectivity index (χ4v) is 1.94. The van der Waals surface area contributed by atoms with Crippen molar-refractivity contribution >= 4 is 17.8 Å². The van der Waals surface area contributed by atoms with Crippen molar-refractivity contribution in [3.05, 3.63) is 0 Å². The van der Waals surface area contributed by atoms with E-state index in [1.165, 1.54) is 0 Å². The molecule has 0 heterocycles. The number of carboxylic acid groups (broad SMARTS) is 1. The van der Waals surface area contributed by atoms with E-state index < -0.39 is 17.8 Å². The molecule has 0 spiro atoms. The Hall–Kier alpha value is -1.63. The van der Waals surface area contributed by atoms with Crippen molar-refractivity contribution in [2.75, 3.05) is 13.1 Å². The van der Waals surface area contributed by atoms with Gasteiger partial charge in [0.1, 0.15) is 0 Å². The lowest BCUT2D eigenvalue weighted by atomic mass is 10.0. The zero-order valence-electron chi connectivity index (χ0n) is 9.44. The van der Waals surface area contributed by atoms with Gasteiger partial charge in [0.05, 0.1) is 19.0 Å². The highest BCUT2D eigenvalue weighted by molar-refractivity contribution is 5.86. The van der Waals surface area contributed by atoms with E-state index in [0.717, 1.165) is 6.42 Å². The molecule has 2 unspecified atom stereocenters. The molecule has 7 heteroatoms. The van der Waals surface area contributed by atoms with Crippen LogP contribution in [0.25, 0.3) is 0 Å². The minimum atomic E-state index is -0.890. The summed E-state index contributed by atoms with van der Waals surface area (Å²) in [5, 5.41) is 13.9. The normalized spacial score (nSPS) is 23.1. The van der Waals surface area contributed by atoms with Gasteiger partial charge in [0, 0.05) is 6.04 Å². The van der Waals surface area contributed by atoms with Gasteiger partial charge in [0.15, 0.2) is 0 Å². The molecule has 0 saturated heterocycles. The Bertz CT molecular complexity index is 319. The average molecular weight is 243 g/mol. The van der Waals surface area contributed by atoms with Crippen LogP contribution in [0, 0.1) is 5.92 Å². The van der Waals surface area contributed by atoms with Gasteiger partial charge in [-0.05, 0) is 12.8 Å². The van der Waals surface area contributed by atoms with Gasteiger partial charge in [0.2, 0.25) is 11.8 Å². The van der Waals surface area contributed by atoms with E-state index in [9.17, 15) is 14.4 Å². The second-order valence-corrected chi connectivity index (χ2v) is 4.03. The molecule has 1 fully saturated rings. The molecule has 96 valence electrons. The van der Waals surface area contributed by atoms with Gasteiger partial charge in [0.25, 0.3) is 0 Å². The number of carbonyl (C=O) groups is 3. The molecule has 7 nitrogen and oxygen atoms in total. The molecule has 1 saturated carbocycles. The summed E-state index contributed by atoms with van der Waals surface area (Å²) in [7, 11) is 0. The summed E-state index contributed by atoms with van der Waals surface area (Å²) in [6.07, 6.45) is 2.03. The van der Waals surface area contributed by atoms with Gasteiger partial charge >= 0.3 is 5.97 Å². The van der Waals surface area contributed by atoms with E-state index in [2.05, 4.69) is 10.6 Å². The highest BCUT2D eigenvalue weighted by Crippen LogP contribution is 2.25. The standard InChI is InChI=1S/C10H17N3O4/c11-4-8(14)12-5-9(15)13-7-3-1-2-6(7)10(16)17/h6-7H,1-5,11H2,(H,12,14)(H,13,15)(H,16,17). The quantitative estimate of drug-likeness (QED) is 0.465. The summed E-state index contributed by atoms with van der Waals surface area (Å²) in [4.78, 5) is 33.1. The van der Waals surface area contributed by atoms with Crippen LogP contribution in [0.3, 0.4) is 0 Å². The zero-order valence-corrected chi connectivity index (χ0v) is 9.44. The molecule has 2 amide bonds. The molecule has 1 aliphatic carbocycles. The minimum Gasteiger partial charge on any atom is -0.481 e. The van der Waals surface area contributed by atoms with E-state index in [1.807, 2.05) is 0 Å². The molecule has 1 aliphatic rings. The molecule has 0 aromatic heterocycles. The van der Waals surface area contributed by atoms with Crippen LogP contribution in [-0.4, -0.2) is 42.0 Å². The SMILES string of the molecule is NCC(=O)NCC(=O)NC1CCCC1C(=O)O. The van der Waals surface area contributed by atoms with Gasteiger partial charge in [-0.1, -0.05) is 6.42 Å². The second-order valence-electron chi connectivity index (χ2n) is 4.03. The Morgan fingerprint density at radius 2 is 1.94 bits per heavy atom. The maximum absolute atomic E-state index is 11.4. The van der Waals surface area contributed by atoms with Gasteiger partial charge < -0.3 is 21.5 Å². The number of nitrogens with one attached hydrogen (secondary N) is 2. The number of rotatable bonds is 5. The van der Waals surface area contributed by atoms with Crippen molar-refractivity contribution in [1.82, 2.24) is 10.6 Å². The van der Waals surface area contributed by atoms with Crippen LogP contribution in [0.5, 0.6) is 0 Å². The zero-order chi connectivity index (χ0) is 12.8. The third kappa shape index (κ3) is 4.03. The fraction of sp³-hybridized carbons (Fsp3) is 0.700. The first-order chi connectivity index (χ1) is 8.04. The number of carbonyl (C=O) groups excluding carboxylic acids is 2. The maximum Gasteiger partial charge on any atom is 0.308 e. The lowest BCUT2D eigenvalue weighted by molar-refractivity contribution is -0.142. The van der Waals surface area contributed by atoms with E-state index in [-0.39, 0.29) is 25.0 Å². The van der Waals surface area contributed by atoms with E-state index >= 15 is 0 Å². The predicted octanol–water partition coefficient (Wildman–Crippen LogP) is -1.57. The molecule has 0 aromatic rings. The van der Waals surface area contributed by atoms with Crippen molar-refractivity contribution in [2.45, 2.75) is 25.3 Å². The number of aliphatic carboxylic acids is 1. The fourth-order valence-electron chi connectivity index (χ4n) is 1.94. The first kappa shape index (κ1) is 13.4. The van der Waals surface area contributed by atoms with E-state index in [0.29, 0.717) is 12.8 Å². The molecular formula is C10H17N3O4. The largest absolute Gasteiger partial charge is 0.481 e. The number of nitrogens with two attached hydrogens (primary N) is 1. The van der Waals surface area contributed by atoms with Crippen molar-refractivity contribution in [3.63, 3.8) is 0 Å². The highest BCUT2D eigenvalue weighted by atomic mass is 16.4. The smallest absolute Gasteiger partial charge is 0.308 e. The van der Waals surface area contributed by atoms with Gasteiger partial charge in [-0.2, -0.15) is 0 Å². The predicted molar refractivity (Wildman–Crippen MR) is 59.0 cm³/mol. The summed E-state index contributed by atoms with van der Waals surface area (Å²) in [5.41, 5.74) is 5.06. The van der Waals surface area contributed by atoms with Crippen molar-refractivity contribution in [2.24, 2.45) is 11.7 Å². The molecule has 0 aliphatic heterocycles. The lowest BCUT2D eigenvalue weighted by Gasteiger charge is -2.17. The number of amides is 2. The van der Waals surface area contributed by atoms with Crippen molar-refractivity contribution in [1.29, 1.82) is 0 Å². The topological polar surface area (TPSA) is 122 Å². The first-order valence-electron chi connectivity index (χ1n) is 5.53. The number of hydrogen-bond acceptors (Lipinski definition) is 4. The Morgan fingerprint density at radius 3 is 2.53 bits per heavy atom. The molecule has 0 bridgehead atoms. The van der Waals surface area contributed by atoms with Crippen LogP contribution in [0.4, 0.5) is 0 Å². The highest BCUT2D eigenvalue weighted by Gasteiger charge is 2.33. The Labute approximate surface area is 98.7 Å². The van der Waals surface area contributed by atoms with E-state index in [4.69, 9.17) is 10.8 Å². The van der Waals surface area contributed by atoms with Crippen LogP contribution < -0.4 is 16.4 Å². The van der Waals surface area contributed by atoms with Crippen molar-refractivity contribution in [3.8, 4) is 0 Å². The Kier molecular flexibility index (Phi) is 4.89. The molecule has 0 aromatic carbocycles. The average Bonchev–Trinajstić information content (AvgIpc) is 2.74. The van der Waals surface area contributed by atoms with Crippen LogP contribution >= 0.6 is 0 Å². The summed E-state index contributed by atoms with van der Waals surface area (Å²) in [6, 6.07) is -0.338. The molecule has 17 heavy (non-hydrogen) atoms. The molecule has 1 rings (SSSR count). The minimum absolute atomic E-state index is 0.168. The van der Waals surface area contributed by atoms with E-state index in [1.54, 1.807) is 0 Å². The second kappa shape index (κ2) is 6.19. The first-order valence-corrected chi connectivity index (χ1v) is 5.53. The monoisotopic (exact) mass is 243 g/mol. The Balaban J connectivity index is 2.35. The number of carboxylic acids is 1. The third-order valence-electron chi connectivity index (χ3n) is 2.81. The summed E-state index contributed by atoms with van der Waals surface area (Å²) < 4.78 is 0.